The largest absolute Gasteiger partial charge is 0.387 e. The minimum atomic E-state index is -0.395. The van der Waals surface area contributed by atoms with E-state index in [-0.39, 0.29) is 0 Å². The molecule has 0 aromatic heterocycles. The van der Waals surface area contributed by atoms with E-state index in [0.717, 1.165) is 18.7 Å². The molecule has 94 valence electrons. The molecule has 0 unspecified atom stereocenters. The van der Waals surface area contributed by atoms with E-state index in [2.05, 4.69) is 4.90 Å². The van der Waals surface area contributed by atoms with E-state index in [1.165, 1.54) is 12.8 Å². The number of rotatable bonds is 5. The quantitative estimate of drug-likeness (QED) is 0.845. The van der Waals surface area contributed by atoms with Crippen molar-refractivity contribution in [1.82, 2.24) is 4.90 Å². The summed E-state index contributed by atoms with van der Waals surface area (Å²) in [6.45, 7) is 2.54. The van der Waals surface area contributed by atoms with Gasteiger partial charge in [-0.05, 0) is 24.9 Å². The number of hydrogen-bond acceptors (Lipinski definition) is 3. The van der Waals surface area contributed by atoms with Crippen molar-refractivity contribution < 1.29 is 9.84 Å². The topological polar surface area (TPSA) is 32.7 Å². The molecule has 1 fully saturated rings. The minimum Gasteiger partial charge on any atom is -0.387 e. The Morgan fingerprint density at radius 3 is 2.88 bits per heavy atom. The Balaban J connectivity index is 1.92. The van der Waals surface area contributed by atoms with Gasteiger partial charge in [0.15, 0.2) is 0 Å². The van der Waals surface area contributed by atoms with E-state index in [0.29, 0.717) is 12.6 Å². The zero-order valence-electron chi connectivity index (χ0n) is 10.4. The first kappa shape index (κ1) is 12.6. The van der Waals surface area contributed by atoms with Crippen LogP contribution in [0.25, 0.3) is 0 Å². The zero-order valence-corrected chi connectivity index (χ0v) is 10.4. The first-order valence-electron chi connectivity index (χ1n) is 6.27. The van der Waals surface area contributed by atoms with Crippen LogP contribution < -0.4 is 0 Å². The van der Waals surface area contributed by atoms with E-state index >= 15 is 0 Å². The molecule has 1 heterocycles. The van der Waals surface area contributed by atoms with Gasteiger partial charge in [0.05, 0.1) is 12.7 Å². The highest BCUT2D eigenvalue weighted by atomic mass is 16.5. The van der Waals surface area contributed by atoms with Crippen LogP contribution >= 0.6 is 0 Å². The summed E-state index contributed by atoms with van der Waals surface area (Å²) in [5.74, 6) is 0. The fourth-order valence-electron chi connectivity index (χ4n) is 2.52. The van der Waals surface area contributed by atoms with Crippen molar-refractivity contribution in [1.29, 1.82) is 0 Å². The summed E-state index contributed by atoms with van der Waals surface area (Å²) in [4.78, 5) is 2.33. The van der Waals surface area contributed by atoms with Crippen LogP contribution in [0.2, 0.25) is 0 Å². The summed E-state index contributed by atoms with van der Waals surface area (Å²) >= 11 is 0. The summed E-state index contributed by atoms with van der Waals surface area (Å²) in [5.41, 5.74) is 0.996. The lowest BCUT2D eigenvalue weighted by Crippen LogP contribution is -2.36. The summed E-state index contributed by atoms with van der Waals surface area (Å²) in [6, 6.07) is 10.3. The molecule has 3 heteroatoms. The Morgan fingerprint density at radius 2 is 2.18 bits per heavy atom. The van der Waals surface area contributed by atoms with Crippen molar-refractivity contribution in [2.45, 2.75) is 25.0 Å². The number of methoxy groups -OCH3 is 1. The molecule has 1 aromatic carbocycles. The molecule has 0 radical (unpaired) electrons. The summed E-state index contributed by atoms with van der Waals surface area (Å²) in [6.07, 6.45) is 1.99. The number of aliphatic hydroxyl groups is 1. The second-order valence-corrected chi connectivity index (χ2v) is 4.67. The standard InChI is InChI=1S/C14H21NO2/c1-17-11-13-8-5-9-15(13)10-14(16)12-6-3-2-4-7-12/h2-4,6-7,13-14,16H,5,8-11H2,1H3/t13-,14-/m0/s1. The van der Waals surface area contributed by atoms with Gasteiger partial charge in [-0.2, -0.15) is 0 Å². The molecule has 0 aliphatic carbocycles. The third kappa shape index (κ3) is 3.28. The van der Waals surface area contributed by atoms with Crippen LogP contribution in [0.5, 0.6) is 0 Å². The fraction of sp³-hybridized carbons (Fsp3) is 0.571. The van der Waals surface area contributed by atoms with Gasteiger partial charge >= 0.3 is 0 Å². The van der Waals surface area contributed by atoms with E-state index < -0.39 is 6.10 Å². The molecule has 0 spiro atoms. The molecule has 1 saturated heterocycles. The van der Waals surface area contributed by atoms with Crippen LogP contribution in [0.3, 0.4) is 0 Å². The monoisotopic (exact) mass is 235 g/mol. The van der Waals surface area contributed by atoms with E-state index in [1.807, 2.05) is 30.3 Å². The molecule has 1 aliphatic rings. The Kier molecular flexibility index (Phi) is 4.54. The predicted octanol–water partition coefficient (Wildman–Crippen LogP) is 1.83. The molecule has 3 nitrogen and oxygen atoms in total. The van der Waals surface area contributed by atoms with Crippen LogP contribution in [-0.4, -0.2) is 42.9 Å². The Hall–Kier alpha value is -0.900. The van der Waals surface area contributed by atoms with Gasteiger partial charge in [-0.3, -0.25) is 4.90 Å². The third-order valence-corrected chi connectivity index (χ3v) is 3.45. The molecule has 1 N–H and O–H groups in total. The molecule has 2 rings (SSSR count). The molecule has 17 heavy (non-hydrogen) atoms. The molecule has 1 aromatic rings. The van der Waals surface area contributed by atoms with Gasteiger partial charge in [-0.25, -0.2) is 0 Å². The average molecular weight is 235 g/mol. The average Bonchev–Trinajstić information content (AvgIpc) is 2.78. The molecular formula is C14H21NO2. The number of likely N-dealkylation sites (tertiary alicyclic amines) is 1. The van der Waals surface area contributed by atoms with Gasteiger partial charge in [0, 0.05) is 19.7 Å². The lowest BCUT2D eigenvalue weighted by molar-refractivity contribution is 0.0703. The van der Waals surface area contributed by atoms with Crippen LogP contribution in [0, 0.1) is 0 Å². The van der Waals surface area contributed by atoms with Crippen molar-refractivity contribution in [3.05, 3.63) is 35.9 Å². The number of hydrogen-bond donors (Lipinski definition) is 1. The highest BCUT2D eigenvalue weighted by Gasteiger charge is 2.26. The smallest absolute Gasteiger partial charge is 0.0917 e. The second-order valence-electron chi connectivity index (χ2n) is 4.67. The first-order chi connectivity index (χ1) is 8.31. The van der Waals surface area contributed by atoms with Gasteiger partial charge in [0.1, 0.15) is 0 Å². The minimum absolute atomic E-state index is 0.395. The zero-order chi connectivity index (χ0) is 12.1. The fourth-order valence-corrected chi connectivity index (χ4v) is 2.52. The SMILES string of the molecule is COC[C@@H]1CCCN1C[C@H](O)c1ccccc1. The van der Waals surface area contributed by atoms with E-state index in [1.54, 1.807) is 7.11 Å². The molecule has 0 amide bonds. The lowest BCUT2D eigenvalue weighted by Gasteiger charge is -2.26. The van der Waals surface area contributed by atoms with Gasteiger partial charge in [-0.1, -0.05) is 30.3 Å². The summed E-state index contributed by atoms with van der Waals surface area (Å²) < 4.78 is 5.22. The van der Waals surface area contributed by atoms with Crippen LogP contribution in [0.15, 0.2) is 30.3 Å². The normalized spacial score (nSPS) is 22.8. The maximum atomic E-state index is 10.2. The number of ether oxygens (including phenoxy) is 1. The third-order valence-electron chi connectivity index (χ3n) is 3.45. The lowest BCUT2D eigenvalue weighted by atomic mass is 10.1. The summed E-state index contributed by atoms with van der Waals surface area (Å²) in [7, 11) is 1.74. The Labute approximate surface area is 103 Å². The van der Waals surface area contributed by atoms with Crippen molar-refractivity contribution >= 4 is 0 Å². The van der Waals surface area contributed by atoms with Crippen LogP contribution in [0.4, 0.5) is 0 Å². The van der Waals surface area contributed by atoms with Gasteiger partial charge in [0.2, 0.25) is 0 Å². The van der Waals surface area contributed by atoms with Crippen molar-refractivity contribution in [3.8, 4) is 0 Å². The van der Waals surface area contributed by atoms with Crippen molar-refractivity contribution in [2.75, 3.05) is 26.8 Å². The van der Waals surface area contributed by atoms with Crippen LogP contribution in [-0.2, 0) is 4.74 Å². The second kappa shape index (κ2) is 6.15. The predicted molar refractivity (Wildman–Crippen MR) is 67.9 cm³/mol. The van der Waals surface area contributed by atoms with E-state index in [4.69, 9.17) is 4.74 Å². The Morgan fingerprint density at radius 1 is 1.41 bits per heavy atom. The van der Waals surface area contributed by atoms with Gasteiger partial charge in [0.25, 0.3) is 0 Å². The maximum Gasteiger partial charge on any atom is 0.0917 e. The molecule has 1 aliphatic heterocycles. The number of aliphatic hydroxyl groups excluding tert-OH is 1. The number of benzene rings is 1. The van der Waals surface area contributed by atoms with Crippen molar-refractivity contribution in [3.63, 3.8) is 0 Å². The Bertz CT molecular complexity index is 328. The first-order valence-corrected chi connectivity index (χ1v) is 6.27. The molecule has 0 saturated carbocycles. The molecule has 0 bridgehead atoms. The van der Waals surface area contributed by atoms with Gasteiger partial charge in [-0.15, -0.1) is 0 Å². The highest BCUT2D eigenvalue weighted by Crippen LogP contribution is 2.21. The van der Waals surface area contributed by atoms with E-state index in [9.17, 15) is 5.11 Å². The molecular weight excluding hydrogens is 214 g/mol. The number of β-amino-alcohol motifs (C(OH)–C–C–N with tert-alkyl or cyclic N) is 1. The van der Waals surface area contributed by atoms with Crippen LogP contribution in [0.1, 0.15) is 24.5 Å². The number of nitrogens with zero attached hydrogens (tertiary/aromatic N) is 1. The van der Waals surface area contributed by atoms with Gasteiger partial charge < -0.3 is 9.84 Å². The van der Waals surface area contributed by atoms with Crippen molar-refractivity contribution in [2.24, 2.45) is 0 Å². The molecule has 2 atom stereocenters. The highest BCUT2D eigenvalue weighted by molar-refractivity contribution is 5.17. The maximum absolute atomic E-state index is 10.2. The summed E-state index contributed by atoms with van der Waals surface area (Å²) in [5, 5.41) is 10.2.